The monoisotopic (exact) mass is 266 g/mol. The molecule has 0 aliphatic heterocycles. The number of rotatable bonds is 5. The van der Waals surface area contributed by atoms with Crippen LogP contribution in [-0.2, 0) is 4.79 Å². The molecule has 1 rings (SSSR count). The van der Waals surface area contributed by atoms with Gasteiger partial charge in [-0.25, -0.2) is 0 Å². The van der Waals surface area contributed by atoms with Crippen molar-refractivity contribution in [3.05, 3.63) is 57.6 Å². The number of benzene rings is 1. The maximum absolute atomic E-state index is 11.3. The number of amides is 1. The summed E-state index contributed by atoms with van der Waals surface area (Å²) < 4.78 is 0. The zero-order valence-corrected chi connectivity index (χ0v) is 10.2. The average molecular weight is 267 g/mol. The lowest BCUT2D eigenvalue weighted by molar-refractivity contribution is -0.384. The van der Waals surface area contributed by atoms with Gasteiger partial charge in [-0.15, -0.1) is 6.58 Å². The number of hydrogen-bond acceptors (Lipinski definition) is 3. The third-order valence-electron chi connectivity index (χ3n) is 2.01. The Balaban J connectivity index is 2.82. The van der Waals surface area contributed by atoms with E-state index in [4.69, 9.17) is 11.6 Å². The van der Waals surface area contributed by atoms with Crippen molar-refractivity contribution in [1.82, 2.24) is 5.32 Å². The normalized spacial score (nSPS) is 10.3. The van der Waals surface area contributed by atoms with Crippen molar-refractivity contribution in [3.63, 3.8) is 0 Å². The lowest BCUT2D eigenvalue weighted by Crippen LogP contribution is -2.20. The van der Waals surface area contributed by atoms with E-state index in [1.165, 1.54) is 24.3 Å². The smallest absolute Gasteiger partial charge is 0.288 e. The van der Waals surface area contributed by atoms with E-state index in [0.717, 1.165) is 0 Å². The van der Waals surface area contributed by atoms with E-state index < -0.39 is 4.92 Å². The number of halogens is 1. The maximum Gasteiger partial charge on any atom is 0.288 e. The Morgan fingerprint density at radius 1 is 1.56 bits per heavy atom. The molecule has 0 aliphatic rings. The first kappa shape index (κ1) is 13.9. The van der Waals surface area contributed by atoms with Crippen molar-refractivity contribution < 1.29 is 9.72 Å². The van der Waals surface area contributed by atoms with Crippen molar-refractivity contribution in [2.24, 2.45) is 0 Å². The van der Waals surface area contributed by atoms with Gasteiger partial charge in [0.2, 0.25) is 5.91 Å². The Bertz CT molecular complexity index is 512. The molecule has 18 heavy (non-hydrogen) atoms. The fourth-order valence-corrected chi connectivity index (χ4v) is 1.36. The summed E-state index contributed by atoms with van der Waals surface area (Å²) in [6.07, 6.45) is 4.32. The van der Waals surface area contributed by atoms with Gasteiger partial charge in [0, 0.05) is 18.7 Å². The second kappa shape index (κ2) is 6.56. The molecule has 0 radical (unpaired) electrons. The van der Waals surface area contributed by atoms with Crippen molar-refractivity contribution in [2.75, 3.05) is 6.54 Å². The van der Waals surface area contributed by atoms with E-state index in [2.05, 4.69) is 11.9 Å². The summed E-state index contributed by atoms with van der Waals surface area (Å²) >= 11 is 5.67. The van der Waals surface area contributed by atoms with Gasteiger partial charge in [-0.2, -0.15) is 0 Å². The summed E-state index contributed by atoms with van der Waals surface area (Å²) in [6.45, 7) is 3.83. The highest BCUT2D eigenvalue weighted by molar-refractivity contribution is 6.32. The largest absolute Gasteiger partial charge is 0.349 e. The highest BCUT2D eigenvalue weighted by Crippen LogP contribution is 2.25. The summed E-state index contributed by atoms with van der Waals surface area (Å²) in [5.41, 5.74) is 0.338. The Hall–Kier alpha value is -2.14. The van der Waals surface area contributed by atoms with E-state index in [1.807, 2.05) is 0 Å². The second-order valence-corrected chi connectivity index (χ2v) is 3.74. The van der Waals surface area contributed by atoms with Crippen LogP contribution in [0.2, 0.25) is 5.02 Å². The van der Waals surface area contributed by atoms with E-state index >= 15 is 0 Å². The molecule has 0 saturated carbocycles. The number of hydrogen-bond donors (Lipinski definition) is 1. The van der Waals surface area contributed by atoms with Gasteiger partial charge < -0.3 is 5.32 Å². The van der Waals surface area contributed by atoms with Crippen LogP contribution in [-0.4, -0.2) is 17.4 Å². The SMILES string of the molecule is C=CCNC(=O)/C=C/c1ccc(Cl)c([N+](=O)[O-])c1. The average Bonchev–Trinajstić information content (AvgIpc) is 2.35. The highest BCUT2D eigenvalue weighted by atomic mass is 35.5. The summed E-state index contributed by atoms with van der Waals surface area (Å²) in [5, 5.41) is 13.3. The Kier molecular flexibility index (Phi) is 5.07. The van der Waals surface area contributed by atoms with Crippen LogP contribution in [0.1, 0.15) is 5.56 Å². The van der Waals surface area contributed by atoms with Gasteiger partial charge in [-0.1, -0.05) is 23.7 Å². The van der Waals surface area contributed by atoms with Crippen LogP contribution in [0.4, 0.5) is 5.69 Å². The molecule has 0 atom stereocenters. The maximum atomic E-state index is 11.3. The fraction of sp³-hybridized carbons (Fsp3) is 0.0833. The first-order valence-electron chi connectivity index (χ1n) is 5.05. The van der Waals surface area contributed by atoms with Crippen LogP contribution in [0, 0.1) is 10.1 Å². The molecule has 0 bridgehead atoms. The van der Waals surface area contributed by atoms with Gasteiger partial charge in [-0.05, 0) is 17.7 Å². The molecule has 6 heteroatoms. The predicted octanol–water partition coefficient (Wildman–Crippen LogP) is 2.56. The van der Waals surface area contributed by atoms with Crippen LogP contribution < -0.4 is 5.32 Å². The van der Waals surface area contributed by atoms with Gasteiger partial charge in [-0.3, -0.25) is 14.9 Å². The molecule has 1 N–H and O–H groups in total. The Labute approximate surface area is 109 Å². The zero-order chi connectivity index (χ0) is 13.5. The molecular formula is C12H11ClN2O3. The summed E-state index contributed by atoms with van der Waals surface area (Å²) in [7, 11) is 0. The van der Waals surface area contributed by atoms with Crippen molar-refractivity contribution in [3.8, 4) is 0 Å². The second-order valence-electron chi connectivity index (χ2n) is 3.34. The number of carbonyl (C=O) groups excluding carboxylic acids is 1. The number of nitro groups is 1. The molecule has 1 amide bonds. The minimum atomic E-state index is -0.572. The number of nitrogens with zero attached hydrogens (tertiary/aromatic N) is 1. The zero-order valence-electron chi connectivity index (χ0n) is 9.43. The third kappa shape index (κ3) is 4.03. The van der Waals surface area contributed by atoms with Crippen LogP contribution >= 0.6 is 11.6 Å². The van der Waals surface area contributed by atoms with Gasteiger partial charge in [0.25, 0.3) is 5.69 Å². The van der Waals surface area contributed by atoms with Gasteiger partial charge in [0.1, 0.15) is 5.02 Å². The molecular weight excluding hydrogens is 256 g/mol. The number of nitrogens with one attached hydrogen (secondary N) is 1. The Morgan fingerprint density at radius 3 is 2.89 bits per heavy atom. The van der Waals surface area contributed by atoms with Crippen LogP contribution in [0.3, 0.4) is 0 Å². The molecule has 94 valence electrons. The summed E-state index contributed by atoms with van der Waals surface area (Å²) in [5.74, 6) is -0.299. The van der Waals surface area contributed by atoms with Crippen molar-refractivity contribution >= 4 is 29.3 Å². The molecule has 0 spiro atoms. The molecule has 0 saturated heterocycles. The molecule has 0 fully saturated rings. The quantitative estimate of drug-likeness (QED) is 0.385. The van der Waals surface area contributed by atoms with E-state index in [0.29, 0.717) is 12.1 Å². The topological polar surface area (TPSA) is 72.2 Å². The molecule has 1 aromatic carbocycles. The lowest BCUT2D eigenvalue weighted by atomic mass is 10.2. The summed E-state index contributed by atoms with van der Waals surface area (Å²) in [6, 6.07) is 4.31. The number of nitro benzene ring substituents is 1. The van der Waals surface area contributed by atoms with Crippen molar-refractivity contribution in [2.45, 2.75) is 0 Å². The standard InChI is InChI=1S/C12H11ClN2O3/c1-2-7-14-12(16)6-4-9-3-5-10(13)11(8-9)15(17)18/h2-6,8H,1,7H2,(H,14,16)/b6-4+. The lowest BCUT2D eigenvalue weighted by Gasteiger charge is -1.98. The predicted molar refractivity (Wildman–Crippen MR) is 70.3 cm³/mol. The molecule has 5 nitrogen and oxygen atoms in total. The van der Waals surface area contributed by atoms with E-state index in [1.54, 1.807) is 12.1 Å². The third-order valence-corrected chi connectivity index (χ3v) is 2.33. The van der Waals surface area contributed by atoms with Gasteiger partial charge >= 0.3 is 0 Å². The minimum Gasteiger partial charge on any atom is -0.349 e. The summed E-state index contributed by atoms with van der Waals surface area (Å²) in [4.78, 5) is 21.3. The van der Waals surface area contributed by atoms with E-state index in [9.17, 15) is 14.9 Å². The fourth-order valence-electron chi connectivity index (χ4n) is 1.18. The van der Waals surface area contributed by atoms with Crippen LogP contribution in [0.25, 0.3) is 6.08 Å². The molecule has 0 aliphatic carbocycles. The molecule has 0 unspecified atom stereocenters. The van der Waals surface area contributed by atoms with Gasteiger partial charge in [0.15, 0.2) is 0 Å². The first-order valence-corrected chi connectivity index (χ1v) is 5.43. The minimum absolute atomic E-state index is 0.0632. The van der Waals surface area contributed by atoms with E-state index in [-0.39, 0.29) is 16.6 Å². The van der Waals surface area contributed by atoms with Gasteiger partial charge in [0.05, 0.1) is 4.92 Å². The van der Waals surface area contributed by atoms with Crippen LogP contribution in [0.15, 0.2) is 36.9 Å². The molecule has 0 aromatic heterocycles. The Morgan fingerprint density at radius 2 is 2.28 bits per heavy atom. The number of carbonyl (C=O) groups is 1. The molecule has 0 heterocycles. The molecule has 1 aromatic rings. The van der Waals surface area contributed by atoms with Crippen LogP contribution in [0.5, 0.6) is 0 Å². The highest BCUT2D eigenvalue weighted by Gasteiger charge is 2.11. The first-order chi connectivity index (χ1) is 8.54. The van der Waals surface area contributed by atoms with Crippen molar-refractivity contribution in [1.29, 1.82) is 0 Å².